The standard InChI is InChI=1S/C26H25F2N5O2/c1-34-18-4-2-17(3-5-18)20-9-21(22(27)28)33-23(30-20)19(13-29-33)24-31-32-25(35-24)26-10-14-6-15(11-26)8-16(7-14)12-26/h2-5,9,13-16,22H,6-8,10-12H2,1H3. The molecule has 3 heterocycles. The zero-order valence-corrected chi connectivity index (χ0v) is 19.3. The Balaban J connectivity index is 1.31. The predicted molar refractivity (Wildman–Crippen MR) is 123 cm³/mol. The number of halogens is 2. The lowest BCUT2D eigenvalue weighted by Gasteiger charge is -2.55. The Morgan fingerprint density at radius 3 is 2.34 bits per heavy atom. The number of alkyl halides is 2. The first-order chi connectivity index (χ1) is 17.0. The van der Waals surface area contributed by atoms with E-state index in [0.29, 0.717) is 28.5 Å². The summed E-state index contributed by atoms with van der Waals surface area (Å²) in [6.07, 6.45) is 6.04. The monoisotopic (exact) mass is 477 g/mol. The maximum absolute atomic E-state index is 14.0. The van der Waals surface area contributed by atoms with Gasteiger partial charge in [0.05, 0.1) is 19.0 Å². The lowest BCUT2D eigenvalue weighted by molar-refractivity contribution is -0.0176. The summed E-state index contributed by atoms with van der Waals surface area (Å²) in [5.41, 5.74) is 1.56. The van der Waals surface area contributed by atoms with E-state index in [1.807, 2.05) is 0 Å². The highest BCUT2D eigenvalue weighted by Gasteiger charge is 2.54. The number of rotatable bonds is 5. The van der Waals surface area contributed by atoms with Crippen molar-refractivity contribution < 1.29 is 17.9 Å². The molecule has 4 aromatic rings. The second kappa shape index (κ2) is 7.57. The van der Waals surface area contributed by atoms with Gasteiger partial charge in [-0.1, -0.05) is 0 Å². The maximum Gasteiger partial charge on any atom is 0.280 e. The van der Waals surface area contributed by atoms with Crippen LogP contribution in [0.5, 0.6) is 5.75 Å². The Morgan fingerprint density at radius 2 is 1.71 bits per heavy atom. The first kappa shape index (κ1) is 21.0. The van der Waals surface area contributed by atoms with E-state index in [4.69, 9.17) is 9.15 Å². The zero-order valence-electron chi connectivity index (χ0n) is 19.3. The van der Waals surface area contributed by atoms with Crippen molar-refractivity contribution in [1.29, 1.82) is 0 Å². The Hall–Kier alpha value is -3.36. The molecule has 0 saturated heterocycles. The van der Waals surface area contributed by atoms with Gasteiger partial charge in [-0.3, -0.25) is 0 Å². The van der Waals surface area contributed by atoms with Crippen LogP contribution in [-0.2, 0) is 5.41 Å². The van der Waals surface area contributed by atoms with E-state index >= 15 is 0 Å². The van der Waals surface area contributed by atoms with E-state index in [1.54, 1.807) is 31.4 Å². The minimum atomic E-state index is -2.73. The molecule has 4 bridgehead atoms. The number of hydrogen-bond acceptors (Lipinski definition) is 6. The van der Waals surface area contributed by atoms with Crippen LogP contribution in [0, 0.1) is 17.8 Å². The normalized spacial score (nSPS) is 27.3. The molecule has 0 spiro atoms. The average Bonchev–Trinajstić information content (AvgIpc) is 3.50. The van der Waals surface area contributed by atoms with Crippen molar-refractivity contribution in [2.45, 2.75) is 50.4 Å². The third-order valence-corrected chi connectivity index (χ3v) is 8.26. The largest absolute Gasteiger partial charge is 0.497 e. The highest BCUT2D eigenvalue weighted by molar-refractivity contribution is 5.74. The van der Waals surface area contributed by atoms with E-state index in [2.05, 4.69) is 20.3 Å². The van der Waals surface area contributed by atoms with E-state index in [9.17, 15) is 8.78 Å². The van der Waals surface area contributed by atoms with Gasteiger partial charge < -0.3 is 9.15 Å². The zero-order chi connectivity index (χ0) is 23.7. The Bertz CT molecular complexity index is 1380. The van der Waals surface area contributed by atoms with Crippen molar-refractivity contribution in [1.82, 2.24) is 24.8 Å². The highest BCUT2D eigenvalue weighted by atomic mass is 19.3. The third kappa shape index (κ3) is 3.27. The summed E-state index contributed by atoms with van der Waals surface area (Å²) in [4.78, 5) is 4.68. The van der Waals surface area contributed by atoms with Crippen LogP contribution in [0.4, 0.5) is 8.78 Å². The molecule has 8 rings (SSSR count). The van der Waals surface area contributed by atoms with Crippen LogP contribution < -0.4 is 4.74 Å². The molecule has 35 heavy (non-hydrogen) atoms. The van der Waals surface area contributed by atoms with E-state index in [0.717, 1.165) is 37.0 Å². The van der Waals surface area contributed by atoms with Crippen molar-refractivity contribution in [2.24, 2.45) is 17.8 Å². The summed E-state index contributed by atoms with van der Waals surface area (Å²) in [5.74, 6) is 3.89. The summed E-state index contributed by atoms with van der Waals surface area (Å²) in [6, 6.07) is 8.50. The predicted octanol–water partition coefficient (Wildman–Crippen LogP) is 5.86. The number of methoxy groups -OCH3 is 1. The van der Waals surface area contributed by atoms with E-state index < -0.39 is 6.43 Å². The fourth-order valence-corrected chi connectivity index (χ4v) is 7.12. The summed E-state index contributed by atoms with van der Waals surface area (Å²) in [6.45, 7) is 0. The lowest BCUT2D eigenvalue weighted by Crippen LogP contribution is -2.48. The van der Waals surface area contributed by atoms with Crippen LogP contribution in [0.3, 0.4) is 0 Å². The molecule has 0 N–H and O–H groups in total. The van der Waals surface area contributed by atoms with Crippen LogP contribution in [0.15, 0.2) is 40.9 Å². The molecule has 0 aliphatic heterocycles. The number of benzene rings is 1. The van der Waals surface area contributed by atoms with Gasteiger partial charge in [-0.2, -0.15) is 5.10 Å². The van der Waals surface area contributed by atoms with Gasteiger partial charge in [0.2, 0.25) is 5.89 Å². The molecule has 4 aliphatic rings. The summed E-state index contributed by atoms with van der Waals surface area (Å²) < 4.78 is 40.6. The first-order valence-electron chi connectivity index (χ1n) is 12.2. The topological polar surface area (TPSA) is 78.3 Å². The molecule has 4 aliphatic carbocycles. The van der Waals surface area contributed by atoms with Crippen molar-refractivity contribution in [3.8, 4) is 28.5 Å². The fraction of sp³-hybridized carbons (Fsp3) is 0.462. The molecule has 7 nitrogen and oxygen atoms in total. The summed E-state index contributed by atoms with van der Waals surface area (Å²) >= 11 is 0. The number of ether oxygens (including phenoxy) is 1. The molecule has 1 aromatic carbocycles. The molecule has 4 saturated carbocycles. The lowest BCUT2D eigenvalue weighted by atomic mass is 9.49. The minimum Gasteiger partial charge on any atom is -0.497 e. The molecule has 0 radical (unpaired) electrons. The van der Waals surface area contributed by atoms with Crippen LogP contribution in [0.25, 0.3) is 28.4 Å². The molecule has 0 atom stereocenters. The van der Waals surface area contributed by atoms with Gasteiger partial charge in [0.1, 0.15) is 17.0 Å². The molecule has 9 heteroatoms. The van der Waals surface area contributed by atoms with Crippen molar-refractivity contribution in [2.75, 3.05) is 7.11 Å². The molecule has 4 fully saturated rings. The maximum atomic E-state index is 14.0. The molecular weight excluding hydrogens is 452 g/mol. The van der Waals surface area contributed by atoms with E-state index in [1.165, 1.54) is 36.0 Å². The second-order valence-corrected chi connectivity index (χ2v) is 10.5. The van der Waals surface area contributed by atoms with Crippen LogP contribution >= 0.6 is 0 Å². The van der Waals surface area contributed by atoms with Crippen LogP contribution in [0.2, 0.25) is 0 Å². The number of nitrogens with zero attached hydrogens (tertiary/aromatic N) is 5. The Labute approximate surface area is 200 Å². The van der Waals surface area contributed by atoms with Gasteiger partial charge in [-0.25, -0.2) is 18.3 Å². The molecule has 3 aromatic heterocycles. The third-order valence-electron chi connectivity index (χ3n) is 8.26. The molecule has 180 valence electrons. The smallest absolute Gasteiger partial charge is 0.280 e. The van der Waals surface area contributed by atoms with Gasteiger partial charge in [0.15, 0.2) is 5.65 Å². The first-order valence-corrected chi connectivity index (χ1v) is 12.2. The number of hydrogen-bond donors (Lipinski definition) is 0. The quantitative estimate of drug-likeness (QED) is 0.358. The van der Waals surface area contributed by atoms with Gasteiger partial charge in [-0.15, -0.1) is 10.2 Å². The molecule has 0 amide bonds. The number of fused-ring (bicyclic) bond motifs is 1. The fourth-order valence-electron chi connectivity index (χ4n) is 7.12. The Morgan fingerprint density at radius 1 is 1.03 bits per heavy atom. The second-order valence-electron chi connectivity index (χ2n) is 10.5. The Kier molecular flexibility index (Phi) is 4.53. The average molecular weight is 478 g/mol. The molecular formula is C26H25F2N5O2. The van der Waals surface area contributed by atoms with Gasteiger partial charge in [0.25, 0.3) is 12.3 Å². The van der Waals surface area contributed by atoms with Gasteiger partial charge >= 0.3 is 0 Å². The van der Waals surface area contributed by atoms with Gasteiger partial charge in [-0.05, 0) is 86.6 Å². The van der Waals surface area contributed by atoms with Crippen LogP contribution in [-0.4, -0.2) is 31.9 Å². The van der Waals surface area contributed by atoms with Crippen molar-refractivity contribution >= 4 is 5.65 Å². The van der Waals surface area contributed by atoms with Crippen molar-refractivity contribution in [3.63, 3.8) is 0 Å². The summed E-state index contributed by atoms with van der Waals surface area (Å²) in [7, 11) is 1.58. The molecule has 0 unspecified atom stereocenters. The summed E-state index contributed by atoms with van der Waals surface area (Å²) in [5, 5.41) is 13.0. The van der Waals surface area contributed by atoms with Crippen LogP contribution in [0.1, 0.15) is 56.5 Å². The van der Waals surface area contributed by atoms with Gasteiger partial charge in [0, 0.05) is 11.0 Å². The minimum absolute atomic E-state index is 0.0429. The SMILES string of the molecule is COc1ccc(-c2cc(C(F)F)n3ncc(-c4nnc(C56CC7CC(CC(C7)C5)C6)o4)c3n2)cc1. The van der Waals surface area contributed by atoms with E-state index in [-0.39, 0.29) is 22.6 Å². The van der Waals surface area contributed by atoms with Crippen molar-refractivity contribution in [3.05, 3.63) is 48.1 Å². The number of aromatic nitrogens is 5. The highest BCUT2D eigenvalue weighted by Crippen LogP contribution is 2.60.